The normalized spacial score (nSPS) is 17.3. The van der Waals surface area contributed by atoms with Crippen molar-refractivity contribution < 1.29 is 9.59 Å². The van der Waals surface area contributed by atoms with Crippen LogP contribution >= 0.6 is 0 Å². The standard InChI is InChI=1S/C18H24N6O2/c1-13(25)21-10-15-9-14(6-7-20-15)16-5-4-8-23(16)17(26)18(2,3)24-12-19-11-22-24/h6-7,9,11-12,16H,4-5,8,10H2,1-3H3,(H,21,25)/t16-/m0/s1. The Morgan fingerprint density at radius 2 is 2.19 bits per heavy atom. The maximum absolute atomic E-state index is 13.2. The lowest BCUT2D eigenvalue weighted by atomic mass is 10.0. The summed E-state index contributed by atoms with van der Waals surface area (Å²) in [5, 5.41) is 6.90. The van der Waals surface area contributed by atoms with Crippen molar-refractivity contribution in [2.75, 3.05) is 6.54 Å². The number of nitrogens with zero attached hydrogens (tertiary/aromatic N) is 5. The van der Waals surface area contributed by atoms with Gasteiger partial charge >= 0.3 is 0 Å². The second-order valence-electron chi connectivity index (χ2n) is 7.05. The van der Waals surface area contributed by atoms with E-state index < -0.39 is 5.54 Å². The van der Waals surface area contributed by atoms with Gasteiger partial charge in [0.05, 0.1) is 18.3 Å². The van der Waals surface area contributed by atoms with Gasteiger partial charge in [-0.15, -0.1) is 0 Å². The summed E-state index contributed by atoms with van der Waals surface area (Å²) in [5.74, 6) is -0.0739. The fourth-order valence-corrected chi connectivity index (χ4v) is 3.32. The van der Waals surface area contributed by atoms with Gasteiger partial charge in [-0.3, -0.25) is 14.6 Å². The Labute approximate surface area is 152 Å². The Morgan fingerprint density at radius 1 is 1.38 bits per heavy atom. The maximum Gasteiger partial charge on any atom is 0.250 e. The monoisotopic (exact) mass is 356 g/mol. The van der Waals surface area contributed by atoms with E-state index in [-0.39, 0.29) is 17.9 Å². The maximum atomic E-state index is 13.2. The predicted octanol–water partition coefficient (Wildman–Crippen LogP) is 1.41. The molecule has 2 aromatic heterocycles. The number of amides is 2. The molecule has 2 aromatic rings. The molecule has 1 atom stereocenters. The van der Waals surface area contributed by atoms with E-state index in [1.807, 2.05) is 30.9 Å². The Hall–Kier alpha value is -2.77. The van der Waals surface area contributed by atoms with Crippen LogP contribution in [0.15, 0.2) is 31.0 Å². The summed E-state index contributed by atoms with van der Waals surface area (Å²) < 4.78 is 1.60. The third kappa shape index (κ3) is 3.58. The topological polar surface area (TPSA) is 93.0 Å². The van der Waals surface area contributed by atoms with Gasteiger partial charge in [0, 0.05) is 19.7 Å². The van der Waals surface area contributed by atoms with E-state index in [1.54, 1.807) is 17.2 Å². The van der Waals surface area contributed by atoms with Gasteiger partial charge in [-0.2, -0.15) is 5.10 Å². The Balaban J connectivity index is 1.81. The van der Waals surface area contributed by atoms with Crippen LogP contribution in [0.5, 0.6) is 0 Å². The van der Waals surface area contributed by atoms with Crippen LogP contribution in [0.2, 0.25) is 0 Å². The highest BCUT2D eigenvalue weighted by atomic mass is 16.2. The average Bonchev–Trinajstić information content (AvgIpc) is 3.31. The van der Waals surface area contributed by atoms with Gasteiger partial charge in [0.2, 0.25) is 5.91 Å². The first-order valence-electron chi connectivity index (χ1n) is 8.75. The second kappa shape index (κ2) is 7.23. The first-order valence-corrected chi connectivity index (χ1v) is 8.75. The van der Waals surface area contributed by atoms with E-state index in [4.69, 9.17) is 0 Å². The molecule has 1 saturated heterocycles. The number of carbonyl (C=O) groups excluding carboxylic acids is 2. The molecule has 8 nitrogen and oxygen atoms in total. The number of nitrogens with one attached hydrogen (secondary N) is 1. The third-order valence-electron chi connectivity index (χ3n) is 4.77. The largest absolute Gasteiger partial charge is 0.351 e. The molecule has 3 rings (SSSR count). The minimum absolute atomic E-state index is 0.00405. The molecule has 3 heterocycles. The zero-order valence-electron chi connectivity index (χ0n) is 15.3. The van der Waals surface area contributed by atoms with Crippen molar-refractivity contribution in [3.05, 3.63) is 42.2 Å². The summed E-state index contributed by atoms with van der Waals surface area (Å²) in [6.45, 7) is 6.29. The van der Waals surface area contributed by atoms with Gasteiger partial charge in [0.25, 0.3) is 5.91 Å². The fraction of sp³-hybridized carbons (Fsp3) is 0.500. The predicted molar refractivity (Wildman–Crippen MR) is 94.8 cm³/mol. The Morgan fingerprint density at radius 3 is 2.88 bits per heavy atom. The molecule has 0 unspecified atom stereocenters. The zero-order valence-corrected chi connectivity index (χ0v) is 15.3. The van der Waals surface area contributed by atoms with Gasteiger partial charge in [-0.05, 0) is 44.4 Å². The molecular weight excluding hydrogens is 332 g/mol. The van der Waals surface area contributed by atoms with E-state index in [2.05, 4.69) is 20.4 Å². The Kier molecular flexibility index (Phi) is 5.01. The molecule has 0 spiro atoms. The molecule has 0 radical (unpaired) electrons. The first-order chi connectivity index (χ1) is 12.4. The molecule has 0 bridgehead atoms. The number of carbonyl (C=O) groups is 2. The molecule has 26 heavy (non-hydrogen) atoms. The van der Waals surface area contributed by atoms with Gasteiger partial charge in [-0.25, -0.2) is 9.67 Å². The summed E-state index contributed by atoms with van der Waals surface area (Å²) in [5.41, 5.74) is 1.03. The van der Waals surface area contributed by atoms with E-state index in [1.165, 1.54) is 13.3 Å². The molecule has 0 saturated carbocycles. The van der Waals surface area contributed by atoms with Crippen LogP contribution in [-0.4, -0.2) is 43.0 Å². The van der Waals surface area contributed by atoms with E-state index in [0.29, 0.717) is 13.1 Å². The highest BCUT2D eigenvalue weighted by Gasteiger charge is 2.40. The summed E-state index contributed by atoms with van der Waals surface area (Å²) >= 11 is 0. The van der Waals surface area contributed by atoms with Crippen LogP contribution in [0.4, 0.5) is 0 Å². The van der Waals surface area contributed by atoms with Crippen LogP contribution in [0.25, 0.3) is 0 Å². The van der Waals surface area contributed by atoms with E-state index in [9.17, 15) is 9.59 Å². The van der Waals surface area contributed by atoms with Crippen LogP contribution < -0.4 is 5.32 Å². The number of hydrogen-bond acceptors (Lipinski definition) is 5. The lowest BCUT2D eigenvalue weighted by Crippen LogP contribution is -2.47. The number of likely N-dealkylation sites (tertiary alicyclic amines) is 1. The Bertz CT molecular complexity index is 787. The quantitative estimate of drug-likeness (QED) is 0.874. The highest BCUT2D eigenvalue weighted by molar-refractivity contribution is 5.84. The molecule has 8 heteroatoms. The average molecular weight is 356 g/mol. The van der Waals surface area contributed by atoms with Crippen molar-refractivity contribution in [2.45, 2.75) is 51.7 Å². The second-order valence-corrected chi connectivity index (χ2v) is 7.05. The van der Waals surface area contributed by atoms with Crippen molar-refractivity contribution >= 4 is 11.8 Å². The van der Waals surface area contributed by atoms with Crippen LogP contribution in [0, 0.1) is 0 Å². The third-order valence-corrected chi connectivity index (χ3v) is 4.77. The van der Waals surface area contributed by atoms with Crippen molar-refractivity contribution in [1.82, 2.24) is 30.0 Å². The van der Waals surface area contributed by atoms with Gasteiger partial charge in [0.15, 0.2) is 0 Å². The van der Waals surface area contributed by atoms with Crippen molar-refractivity contribution in [2.24, 2.45) is 0 Å². The van der Waals surface area contributed by atoms with Crippen LogP contribution in [-0.2, 0) is 21.7 Å². The number of pyridine rings is 1. The van der Waals surface area contributed by atoms with Crippen LogP contribution in [0.1, 0.15) is 50.9 Å². The number of aromatic nitrogens is 4. The lowest BCUT2D eigenvalue weighted by Gasteiger charge is -2.33. The van der Waals surface area contributed by atoms with Gasteiger partial charge in [-0.1, -0.05) is 0 Å². The molecule has 0 aromatic carbocycles. The van der Waals surface area contributed by atoms with E-state index >= 15 is 0 Å². The van der Waals surface area contributed by atoms with Gasteiger partial charge in [0.1, 0.15) is 18.2 Å². The zero-order chi connectivity index (χ0) is 18.7. The molecule has 0 aliphatic carbocycles. The molecule has 2 amide bonds. The molecule has 1 aliphatic heterocycles. The smallest absolute Gasteiger partial charge is 0.250 e. The lowest BCUT2D eigenvalue weighted by molar-refractivity contribution is -0.140. The van der Waals surface area contributed by atoms with Crippen molar-refractivity contribution in [3.8, 4) is 0 Å². The number of hydrogen-bond donors (Lipinski definition) is 1. The van der Waals surface area contributed by atoms with Crippen LogP contribution in [0.3, 0.4) is 0 Å². The minimum Gasteiger partial charge on any atom is -0.351 e. The SMILES string of the molecule is CC(=O)NCc1cc([C@@H]2CCCN2C(=O)C(C)(C)n2cncn2)ccn1. The van der Waals surface area contributed by atoms with Crippen molar-refractivity contribution in [3.63, 3.8) is 0 Å². The van der Waals surface area contributed by atoms with Crippen molar-refractivity contribution in [1.29, 1.82) is 0 Å². The molecule has 138 valence electrons. The molecule has 1 fully saturated rings. The summed E-state index contributed by atoms with van der Waals surface area (Å²) in [6.07, 6.45) is 6.60. The fourth-order valence-electron chi connectivity index (χ4n) is 3.32. The summed E-state index contributed by atoms with van der Waals surface area (Å²) in [7, 11) is 0. The molecule has 1 N–H and O–H groups in total. The first kappa shape index (κ1) is 18.0. The minimum atomic E-state index is -0.800. The highest BCUT2D eigenvalue weighted by Crippen LogP contribution is 2.35. The molecule has 1 aliphatic rings. The number of rotatable bonds is 5. The summed E-state index contributed by atoms with van der Waals surface area (Å²) in [6, 6.07) is 3.91. The van der Waals surface area contributed by atoms with Gasteiger partial charge < -0.3 is 10.2 Å². The van der Waals surface area contributed by atoms with E-state index in [0.717, 1.165) is 24.1 Å². The summed E-state index contributed by atoms with van der Waals surface area (Å²) in [4.78, 5) is 34.5. The molecular formula is C18H24N6O2.